The first-order valence-electron chi connectivity index (χ1n) is 9.81. The van der Waals surface area contributed by atoms with Gasteiger partial charge in [0.15, 0.2) is 11.5 Å². The summed E-state index contributed by atoms with van der Waals surface area (Å²) >= 11 is 0. The van der Waals surface area contributed by atoms with Gasteiger partial charge < -0.3 is 15.1 Å². The lowest BCUT2D eigenvalue weighted by Crippen LogP contribution is -2.51. The third-order valence-corrected chi connectivity index (χ3v) is 5.43. The number of hydrogen-bond donors (Lipinski definition) is 1. The Labute approximate surface area is 163 Å². The van der Waals surface area contributed by atoms with Gasteiger partial charge in [0.25, 0.3) is 0 Å². The minimum atomic E-state index is -0.0105. The number of anilines is 1. The van der Waals surface area contributed by atoms with Gasteiger partial charge in [0.1, 0.15) is 0 Å². The molecule has 0 unspecified atom stereocenters. The van der Waals surface area contributed by atoms with Gasteiger partial charge in [0.05, 0.1) is 11.9 Å². The van der Waals surface area contributed by atoms with Crippen LogP contribution in [0.2, 0.25) is 0 Å². The zero-order valence-corrected chi connectivity index (χ0v) is 15.7. The van der Waals surface area contributed by atoms with E-state index in [1.807, 2.05) is 52.0 Å². The summed E-state index contributed by atoms with van der Waals surface area (Å²) in [7, 11) is 0. The second-order valence-corrected chi connectivity index (χ2v) is 7.43. The van der Waals surface area contributed by atoms with E-state index in [9.17, 15) is 4.79 Å². The molecule has 2 fully saturated rings. The fraction of sp³-hybridized carbons (Fsp3) is 0.400. The topological polar surface area (TPSA) is 78.7 Å². The highest BCUT2D eigenvalue weighted by Gasteiger charge is 2.29. The summed E-state index contributed by atoms with van der Waals surface area (Å²) in [6.07, 6.45) is 4.24. The van der Waals surface area contributed by atoms with Crippen LogP contribution in [-0.2, 0) is 6.54 Å². The van der Waals surface area contributed by atoms with Gasteiger partial charge in [-0.25, -0.2) is 4.79 Å². The molecule has 28 heavy (non-hydrogen) atoms. The number of rotatable bonds is 4. The van der Waals surface area contributed by atoms with E-state index in [0.29, 0.717) is 25.6 Å². The Balaban J connectivity index is 1.18. The summed E-state index contributed by atoms with van der Waals surface area (Å²) in [6.45, 7) is 3.48. The van der Waals surface area contributed by atoms with E-state index in [2.05, 4.69) is 25.5 Å². The number of amides is 2. The smallest absolute Gasteiger partial charge is 0.317 e. The lowest BCUT2D eigenvalue weighted by atomic mass is 10.2. The highest BCUT2D eigenvalue weighted by atomic mass is 16.2. The van der Waals surface area contributed by atoms with Crippen LogP contribution in [0, 0.1) is 0 Å². The quantitative estimate of drug-likeness (QED) is 0.753. The summed E-state index contributed by atoms with van der Waals surface area (Å²) < 4.78 is 1.86. The van der Waals surface area contributed by atoms with Crippen LogP contribution in [0.1, 0.15) is 30.1 Å². The largest absolute Gasteiger partial charge is 0.367 e. The second-order valence-electron chi connectivity index (χ2n) is 7.43. The monoisotopic (exact) mass is 377 g/mol. The van der Waals surface area contributed by atoms with E-state index in [0.717, 1.165) is 35.8 Å². The molecule has 8 nitrogen and oxygen atoms in total. The molecule has 144 valence electrons. The lowest BCUT2D eigenvalue weighted by molar-refractivity contribution is 0.194. The molecular formula is C20H23N7O. The minimum Gasteiger partial charge on any atom is -0.367 e. The van der Waals surface area contributed by atoms with Gasteiger partial charge in [-0.3, -0.25) is 0 Å². The first-order chi connectivity index (χ1) is 13.8. The Morgan fingerprint density at radius 3 is 2.61 bits per heavy atom. The van der Waals surface area contributed by atoms with E-state index in [4.69, 9.17) is 0 Å². The van der Waals surface area contributed by atoms with Gasteiger partial charge in [-0.05, 0) is 18.4 Å². The van der Waals surface area contributed by atoms with Crippen LogP contribution in [0.3, 0.4) is 0 Å². The predicted octanol–water partition coefficient (Wildman–Crippen LogP) is 2.03. The first kappa shape index (κ1) is 17.0. The first-order valence-corrected chi connectivity index (χ1v) is 9.81. The molecule has 0 atom stereocenters. The molecule has 2 aromatic heterocycles. The Bertz CT molecular complexity index is 975. The van der Waals surface area contributed by atoms with E-state index >= 15 is 0 Å². The average Bonchev–Trinajstić information content (AvgIpc) is 3.51. The van der Waals surface area contributed by atoms with E-state index in [1.54, 1.807) is 0 Å². The number of hydrogen-bond acceptors (Lipinski definition) is 5. The highest BCUT2D eigenvalue weighted by molar-refractivity contribution is 5.74. The molecule has 0 radical (unpaired) electrons. The van der Waals surface area contributed by atoms with Crippen LogP contribution < -0.4 is 10.2 Å². The molecule has 3 aromatic rings. The number of carbonyl (C=O) groups is 1. The normalized spacial score (nSPS) is 17.1. The number of nitrogens with one attached hydrogen (secondary N) is 1. The summed E-state index contributed by atoms with van der Waals surface area (Å²) in [6, 6.07) is 12.0. The maximum atomic E-state index is 12.4. The molecule has 8 heteroatoms. The summed E-state index contributed by atoms with van der Waals surface area (Å²) in [4.78, 5) is 16.5. The third kappa shape index (κ3) is 3.37. The summed E-state index contributed by atoms with van der Waals surface area (Å²) in [5.41, 5.74) is 2.93. The van der Waals surface area contributed by atoms with Crippen molar-refractivity contribution in [2.24, 2.45) is 0 Å². The van der Waals surface area contributed by atoms with Crippen LogP contribution in [0.15, 0.2) is 42.6 Å². The average molecular weight is 377 g/mol. The van der Waals surface area contributed by atoms with Gasteiger partial charge in [0, 0.05) is 44.7 Å². The van der Waals surface area contributed by atoms with Gasteiger partial charge >= 0.3 is 6.03 Å². The van der Waals surface area contributed by atoms with Crippen molar-refractivity contribution in [3.63, 3.8) is 0 Å². The minimum absolute atomic E-state index is 0.0105. The maximum Gasteiger partial charge on any atom is 0.317 e. The number of piperazine rings is 1. The van der Waals surface area contributed by atoms with Gasteiger partial charge in [-0.1, -0.05) is 30.3 Å². The maximum absolute atomic E-state index is 12.4. The zero-order valence-electron chi connectivity index (χ0n) is 15.7. The number of carbonyl (C=O) groups excluding carboxylic acids is 1. The molecule has 1 aromatic carbocycles. The molecule has 1 saturated carbocycles. The molecule has 2 aliphatic rings. The van der Waals surface area contributed by atoms with Crippen molar-refractivity contribution in [3.8, 4) is 0 Å². The second kappa shape index (κ2) is 7.10. The molecule has 1 N–H and O–H groups in total. The summed E-state index contributed by atoms with van der Waals surface area (Å²) in [5.74, 6) is 1.49. The van der Waals surface area contributed by atoms with Crippen molar-refractivity contribution in [1.82, 2.24) is 30.0 Å². The van der Waals surface area contributed by atoms with E-state index in [1.165, 1.54) is 12.8 Å². The molecule has 0 bridgehead atoms. The standard InChI is InChI=1S/C20H23N7O/c28-20(21-13-15-4-2-1-3-5-15)26-10-8-25(9-11-26)17-12-18-23-24-19(16-6-7-16)27(18)22-14-17/h1-5,12,14,16H,6-11,13H2,(H,21,28). The number of urea groups is 1. The van der Waals surface area contributed by atoms with Crippen LogP contribution in [0.4, 0.5) is 10.5 Å². The molecule has 0 spiro atoms. The molecule has 1 aliphatic heterocycles. The fourth-order valence-corrected chi connectivity index (χ4v) is 3.62. The van der Waals surface area contributed by atoms with Crippen LogP contribution in [0.25, 0.3) is 5.65 Å². The van der Waals surface area contributed by atoms with Crippen LogP contribution >= 0.6 is 0 Å². The lowest BCUT2D eigenvalue weighted by Gasteiger charge is -2.35. The van der Waals surface area contributed by atoms with Crippen LogP contribution in [-0.4, -0.2) is 56.9 Å². The molecule has 1 saturated heterocycles. The van der Waals surface area contributed by atoms with Gasteiger partial charge in [-0.15, -0.1) is 10.2 Å². The third-order valence-electron chi connectivity index (χ3n) is 5.43. The van der Waals surface area contributed by atoms with Crippen LogP contribution in [0.5, 0.6) is 0 Å². The van der Waals surface area contributed by atoms with Gasteiger partial charge in [-0.2, -0.15) is 9.61 Å². The summed E-state index contributed by atoms with van der Waals surface area (Å²) in [5, 5.41) is 16.1. The van der Waals surface area contributed by atoms with Crippen molar-refractivity contribution in [3.05, 3.63) is 54.0 Å². The highest BCUT2D eigenvalue weighted by Crippen LogP contribution is 2.38. The molecule has 1 aliphatic carbocycles. The number of benzene rings is 1. The van der Waals surface area contributed by atoms with Gasteiger partial charge in [0.2, 0.25) is 0 Å². The Morgan fingerprint density at radius 2 is 1.86 bits per heavy atom. The van der Waals surface area contributed by atoms with Crippen molar-refractivity contribution >= 4 is 17.4 Å². The molecular weight excluding hydrogens is 354 g/mol. The molecule has 3 heterocycles. The fourth-order valence-electron chi connectivity index (χ4n) is 3.62. The Kier molecular flexibility index (Phi) is 4.31. The van der Waals surface area contributed by atoms with Crippen molar-refractivity contribution in [2.45, 2.75) is 25.3 Å². The Hall–Kier alpha value is -3.16. The number of aromatic nitrogens is 4. The molecule has 5 rings (SSSR count). The van der Waals surface area contributed by atoms with Crippen molar-refractivity contribution in [1.29, 1.82) is 0 Å². The van der Waals surface area contributed by atoms with E-state index in [-0.39, 0.29) is 6.03 Å². The number of fused-ring (bicyclic) bond motifs is 1. The van der Waals surface area contributed by atoms with Crippen molar-refractivity contribution in [2.75, 3.05) is 31.1 Å². The van der Waals surface area contributed by atoms with Crippen molar-refractivity contribution < 1.29 is 4.79 Å². The SMILES string of the molecule is O=C(NCc1ccccc1)N1CCN(c2cnn3c(C4CC4)nnc3c2)CC1. The zero-order chi connectivity index (χ0) is 18.9. The van der Waals surface area contributed by atoms with E-state index < -0.39 is 0 Å². The number of nitrogens with zero attached hydrogens (tertiary/aromatic N) is 6. The molecule has 2 amide bonds. The predicted molar refractivity (Wildman–Crippen MR) is 105 cm³/mol. The Morgan fingerprint density at radius 1 is 1.07 bits per heavy atom.